The molecule has 9 heteroatoms. The molecule has 30 heavy (non-hydrogen) atoms. The normalized spacial score (nSPS) is 10.8. The van der Waals surface area contributed by atoms with Gasteiger partial charge in [-0.1, -0.05) is 30.3 Å². The fraction of sp³-hybridized carbons (Fsp3) is 0.0476. The fourth-order valence-corrected chi connectivity index (χ4v) is 4.06. The summed E-state index contributed by atoms with van der Waals surface area (Å²) >= 11 is 1.02. The van der Waals surface area contributed by atoms with Gasteiger partial charge < -0.3 is 14.8 Å². The van der Waals surface area contributed by atoms with E-state index >= 15 is 0 Å². The number of carbonyl (C=O) groups excluding carboxylic acids is 1. The Morgan fingerprint density at radius 2 is 1.93 bits per heavy atom. The number of fused-ring (bicyclic) bond motifs is 1. The minimum absolute atomic E-state index is 0.0495. The number of nitro groups is 1. The molecule has 2 aromatic heterocycles. The van der Waals surface area contributed by atoms with E-state index in [1.807, 2.05) is 6.07 Å². The quantitative estimate of drug-likeness (QED) is 0.331. The van der Waals surface area contributed by atoms with Gasteiger partial charge in [0.1, 0.15) is 16.1 Å². The Labute approximate surface area is 173 Å². The molecule has 0 saturated carbocycles. The van der Waals surface area contributed by atoms with Crippen LogP contribution in [0, 0.1) is 17.0 Å². The highest BCUT2D eigenvalue weighted by Gasteiger charge is 2.24. The summed E-state index contributed by atoms with van der Waals surface area (Å²) in [5.41, 5.74) is 1.43. The van der Waals surface area contributed by atoms with E-state index in [2.05, 4.69) is 5.32 Å². The van der Waals surface area contributed by atoms with Crippen molar-refractivity contribution in [2.24, 2.45) is 0 Å². The Morgan fingerprint density at radius 1 is 1.17 bits per heavy atom. The molecule has 8 nitrogen and oxygen atoms in total. The maximum Gasteiger partial charge on any atom is 0.339 e. The molecule has 0 radical (unpaired) electrons. The number of nitrogens with zero attached hydrogens (tertiary/aromatic N) is 1. The molecule has 0 atom stereocenters. The van der Waals surface area contributed by atoms with Gasteiger partial charge >= 0.3 is 5.97 Å². The molecule has 4 rings (SSSR count). The van der Waals surface area contributed by atoms with E-state index in [0.29, 0.717) is 16.7 Å². The predicted octanol–water partition coefficient (Wildman–Crippen LogP) is 5.33. The fourth-order valence-electron chi connectivity index (χ4n) is 3.11. The molecule has 0 bridgehead atoms. The lowest BCUT2D eigenvalue weighted by Gasteiger charge is -2.06. The van der Waals surface area contributed by atoms with Crippen molar-refractivity contribution in [3.05, 3.63) is 80.9 Å². The molecule has 1 amide bonds. The van der Waals surface area contributed by atoms with Gasteiger partial charge in [-0.2, -0.15) is 0 Å². The Morgan fingerprint density at radius 3 is 2.63 bits per heavy atom. The Balaban J connectivity index is 1.71. The van der Waals surface area contributed by atoms with Crippen molar-refractivity contribution in [2.45, 2.75) is 6.92 Å². The molecule has 2 N–H and O–H groups in total. The SMILES string of the molecule is Cc1ccc(-c2csc(NC(=O)c3cc4ccccc4o3)c2C(=O)O)cc1[N+](=O)[O-]. The van der Waals surface area contributed by atoms with Crippen molar-refractivity contribution in [1.82, 2.24) is 0 Å². The lowest BCUT2D eigenvalue weighted by molar-refractivity contribution is -0.385. The zero-order chi connectivity index (χ0) is 21.4. The van der Waals surface area contributed by atoms with Gasteiger partial charge in [-0.15, -0.1) is 11.3 Å². The molecule has 0 aliphatic rings. The van der Waals surface area contributed by atoms with Gasteiger partial charge in [-0.05, 0) is 24.6 Å². The summed E-state index contributed by atoms with van der Waals surface area (Å²) in [6.45, 7) is 1.60. The number of benzene rings is 2. The summed E-state index contributed by atoms with van der Waals surface area (Å²) in [5.74, 6) is -1.79. The molecule has 0 aliphatic carbocycles. The van der Waals surface area contributed by atoms with Crippen molar-refractivity contribution in [2.75, 3.05) is 5.32 Å². The van der Waals surface area contributed by atoms with Gasteiger partial charge in [0.25, 0.3) is 11.6 Å². The van der Waals surface area contributed by atoms with Crippen LogP contribution in [0.2, 0.25) is 0 Å². The first-order valence-electron chi connectivity index (χ1n) is 8.75. The second-order valence-electron chi connectivity index (χ2n) is 6.52. The number of carboxylic acid groups (broad SMARTS) is 1. The minimum Gasteiger partial charge on any atom is -0.478 e. The third-order valence-corrected chi connectivity index (χ3v) is 5.49. The van der Waals surface area contributed by atoms with Crippen LogP contribution >= 0.6 is 11.3 Å². The third kappa shape index (κ3) is 3.42. The molecular formula is C21H14N2O6S. The zero-order valence-corrected chi connectivity index (χ0v) is 16.4. The van der Waals surface area contributed by atoms with Crippen LogP contribution in [0.4, 0.5) is 10.7 Å². The smallest absolute Gasteiger partial charge is 0.339 e. The number of rotatable bonds is 5. The number of thiophene rings is 1. The zero-order valence-electron chi connectivity index (χ0n) is 15.5. The summed E-state index contributed by atoms with van der Waals surface area (Å²) in [6, 6.07) is 13.2. The van der Waals surface area contributed by atoms with E-state index in [1.165, 1.54) is 6.07 Å². The minimum atomic E-state index is -1.26. The molecule has 0 spiro atoms. The van der Waals surface area contributed by atoms with Gasteiger partial charge in [-0.25, -0.2) is 4.79 Å². The summed E-state index contributed by atoms with van der Waals surface area (Å²) in [7, 11) is 0. The second kappa shape index (κ2) is 7.45. The Bertz CT molecular complexity index is 1290. The van der Waals surface area contributed by atoms with Crippen LogP contribution in [0.25, 0.3) is 22.1 Å². The number of nitro benzene ring substituents is 1. The van der Waals surface area contributed by atoms with E-state index in [1.54, 1.807) is 48.7 Å². The topological polar surface area (TPSA) is 123 Å². The number of anilines is 1. The number of furan rings is 1. The molecule has 0 unspecified atom stereocenters. The Hall–Kier alpha value is -3.98. The monoisotopic (exact) mass is 422 g/mol. The van der Waals surface area contributed by atoms with Crippen molar-refractivity contribution >= 4 is 44.9 Å². The lowest BCUT2D eigenvalue weighted by atomic mass is 10.0. The standard InChI is InChI=1S/C21H14N2O6S/c1-11-6-7-12(8-15(11)23(27)28)14-10-30-20(18(14)21(25)26)22-19(24)17-9-13-4-2-3-5-16(13)29-17/h2-10H,1H3,(H,22,24)(H,25,26). The first-order chi connectivity index (χ1) is 14.3. The van der Waals surface area contributed by atoms with E-state index in [-0.39, 0.29) is 27.6 Å². The largest absolute Gasteiger partial charge is 0.478 e. The highest BCUT2D eigenvalue weighted by Crippen LogP contribution is 2.37. The summed E-state index contributed by atoms with van der Waals surface area (Å²) in [6.07, 6.45) is 0. The predicted molar refractivity (Wildman–Crippen MR) is 112 cm³/mol. The first kappa shape index (κ1) is 19.3. The number of para-hydroxylation sites is 1. The molecule has 150 valence electrons. The van der Waals surface area contributed by atoms with Crippen LogP contribution in [0.5, 0.6) is 0 Å². The first-order valence-corrected chi connectivity index (χ1v) is 9.63. The van der Waals surface area contributed by atoms with Crippen molar-refractivity contribution in [1.29, 1.82) is 0 Å². The van der Waals surface area contributed by atoms with E-state index in [4.69, 9.17) is 4.42 Å². The van der Waals surface area contributed by atoms with Crippen molar-refractivity contribution in [3.8, 4) is 11.1 Å². The van der Waals surface area contributed by atoms with Crippen molar-refractivity contribution < 1.29 is 24.0 Å². The summed E-state index contributed by atoms with van der Waals surface area (Å²) < 4.78 is 5.52. The molecule has 0 fully saturated rings. The number of nitrogens with one attached hydrogen (secondary N) is 1. The maximum absolute atomic E-state index is 12.6. The van der Waals surface area contributed by atoms with Crippen LogP contribution in [0.15, 0.2) is 58.3 Å². The number of aryl methyl sites for hydroxylation is 1. The molecule has 0 aliphatic heterocycles. The number of carbonyl (C=O) groups is 2. The summed E-state index contributed by atoms with van der Waals surface area (Å²) in [4.78, 5) is 35.2. The maximum atomic E-state index is 12.6. The molecule has 2 aromatic carbocycles. The van der Waals surface area contributed by atoms with Crippen LogP contribution < -0.4 is 5.32 Å². The van der Waals surface area contributed by atoms with Gasteiger partial charge in [-0.3, -0.25) is 14.9 Å². The average molecular weight is 422 g/mol. The van der Waals surface area contributed by atoms with E-state index in [0.717, 1.165) is 16.7 Å². The number of aromatic carboxylic acids is 1. The van der Waals surface area contributed by atoms with Crippen LogP contribution in [0.3, 0.4) is 0 Å². The second-order valence-corrected chi connectivity index (χ2v) is 7.40. The third-order valence-electron chi connectivity index (χ3n) is 4.60. The van der Waals surface area contributed by atoms with Crippen LogP contribution in [-0.2, 0) is 0 Å². The Kier molecular flexibility index (Phi) is 4.80. The number of hydrogen-bond acceptors (Lipinski definition) is 6. The molecule has 4 aromatic rings. The van der Waals surface area contributed by atoms with Gasteiger partial charge in [0.2, 0.25) is 0 Å². The van der Waals surface area contributed by atoms with Crippen LogP contribution in [-0.4, -0.2) is 21.9 Å². The van der Waals surface area contributed by atoms with E-state index < -0.39 is 16.8 Å². The highest BCUT2D eigenvalue weighted by molar-refractivity contribution is 7.15. The van der Waals surface area contributed by atoms with Crippen molar-refractivity contribution in [3.63, 3.8) is 0 Å². The number of amides is 1. The highest BCUT2D eigenvalue weighted by atomic mass is 32.1. The van der Waals surface area contributed by atoms with E-state index in [9.17, 15) is 24.8 Å². The number of carboxylic acids is 1. The molecule has 2 heterocycles. The summed E-state index contributed by atoms with van der Waals surface area (Å²) in [5, 5.41) is 25.9. The van der Waals surface area contributed by atoms with Gasteiger partial charge in [0.05, 0.1) is 4.92 Å². The average Bonchev–Trinajstić information content (AvgIpc) is 3.32. The molecular weight excluding hydrogens is 408 g/mol. The van der Waals surface area contributed by atoms with Gasteiger partial charge in [0, 0.05) is 28.0 Å². The lowest BCUT2D eigenvalue weighted by Crippen LogP contribution is -2.12. The van der Waals surface area contributed by atoms with Gasteiger partial charge in [0.15, 0.2) is 5.76 Å². The molecule has 0 saturated heterocycles. The number of hydrogen-bond donors (Lipinski definition) is 2. The van der Waals surface area contributed by atoms with Crippen LogP contribution in [0.1, 0.15) is 26.5 Å².